The van der Waals surface area contributed by atoms with Crippen LogP contribution in [0.5, 0.6) is 0 Å². The van der Waals surface area contributed by atoms with E-state index in [0.717, 1.165) is 49.1 Å². The Balaban J connectivity index is 1.65. The van der Waals surface area contributed by atoms with Gasteiger partial charge in [0.25, 0.3) is 0 Å². The van der Waals surface area contributed by atoms with Crippen LogP contribution in [0.25, 0.3) is 0 Å². The van der Waals surface area contributed by atoms with Crippen LogP contribution in [0.2, 0.25) is 5.02 Å². The van der Waals surface area contributed by atoms with Crippen molar-refractivity contribution < 1.29 is 4.74 Å². The minimum absolute atomic E-state index is 0.0479. The first kappa shape index (κ1) is 22.6. The monoisotopic (exact) mass is 428 g/mol. The number of hydrogen-bond donors (Lipinski definition) is 3. The standard InChI is InChI=1S/C24H33ClN4O/c1-18(20-9-5-4-6-10-20)29-24(13-15-30-16-14-24)17-27-23(26-3)28-19(2)21-11-7-8-12-22(21)25/h4-12,18-19,29H,13-17H2,1-3H3,(H2,26,27,28). The lowest BCUT2D eigenvalue weighted by Gasteiger charge is -2.41. The molecule has 5 nitrogen and oxygen atoms in total. The molecule has 0 saturated carbocycles. The minimum atomic E-state index is -0.0568. The molecule has 0 radical (unpaired) electrons. The van der Waals surface area contributed by atoms with Crippen LogP contribution in [-0.4, -0.2) is 38.3 Å². The van der Waals surface area contributed by atoms with Gasteiger partial charge >= 0.3 is 0 Å². The van der Waals surface area contributed by atoms with E-state index in [9.17, 15) is 0 Å². The molecule has 0 amide bonds. The van der Waals surface area contributed by atoms with Gasteiger partial charge in [-0.3, -0.25) is 4.99 Å². The Morgan fingerprint density at radius 1 is 1.03 bits per heavy atom. The fraction of sp³-hybridized carbons (Fsp3) is 0.458. The summed E-state index contributed by atoms with van der Waals surface area (Å²) in [5.74, 6) is 0.766. The zero-order valence-electron chi connectivity index (χ0n) is 18.1. The maximum atomic E-state index is 6.36. The molecule has 3 N–H and O–H groups in total. The van der Waals surface area contributed by atoms with Crippen molar-refractivity contribution in [3.63, 3.8) is 0 Å². The third-order valence-electron chi connectivity index (χ3n) is 5.81. The Morgan fingerprint density at radius 2 is 1.70 bits per heavy atom. The summed E-state index contributed by atoms with van der Waals surface area (Å²) in [6, 6.07) is 18.8. The second kappa shape index (κ2) is 10.8. The fourth-order valence-electron chi connectivity index (χ4n) is 3.98. The van der Waals surface area contributed by atoms with Gasteiger partial charge in [-0.05, 0) is 43.9 Å². The first-order valence-corrected chi connectivity index (χ1v) is 11.0. The van der Waals surface area contributed by atoms with Gasteiger partial charge in [0.1, 0.15) is 0 Å². The largest absolute Gasteiger partial charge is 0.381 e. The molecule has 30 heavy (non-hydrogen) atoms. The summed E-state index contributed by atoms with van der Waals surface area (Å²) in [6.07, 6.45) is 1.91. The molecule has 2 aromatic carbocycles. The maximum absolute atomic E-state index is 6.36. The molecule has 1 heterocycles. The van der Waals surface area contributed by atoms with E-state index in [-0.39, 0.29) is 17.6 Å². The van der Waals surface area contributed by atoms with Crippen molar-refractivity contribution >= 4 is 17.6 Å². The highest BCUT2D eigenvalue weighted by Crippen LogP contribution is 2.25. The van der Waals surface area contributed by atoms with E-state index in [4.69, 9.17) is 16.3 Å². The number of guanidine groups is 1. The Morgan fingerprint density at radius 3 is 2.37 bits per heavy atom. The van der Waals surface area contributed by atoms with Crippen molar-refractivity contribution in [2.75, 3.05) is 26.8 Å². The minimum Gasteiger partial charge on any atom is -0.381 e. The summed E-state index contributed by atoms with van der Waals surface area (Å²) in [5.41, 5.74) is 2.29. The van der Waals surface area contributed by atoms with E-state index >= 15 is 0 Å². The molecular weight excluding hydrogens is 396 g/mol. The molecule has 0 aliphatic carbocycles. The number of rotatable bonds is 7. The molecule has 1 fully saturated rings. The molecule has 1 aliphatic heterocycles. The summed E-state index contributed by atoms with van der Waals surface area (Å²) in [5, 5.41) is 11.6. The molecule has 2 atom stereocenters. The first-order chi connectivity index (χ1) is 14.5. The maximum Gasteiger partial charge on any atom is 0.191 e. The average Bonchev–Trinajstić information content (AvgIpc) is 2.78. The number of aliphatic imine (C=N–C) groups is 1. The van der Waals surface area contributed by atoms with Crippen LogP contribution in [0.3, 0.4) is 0 Å². The van der Waals surface area contributed by atoms with Gasteiger partial charge in [-0.25, -0.2) is 0 Å². The molecule has 3 rings (SSSR count). The summed E-state index contributed by atoms with van der Waals surface area (Å²) >= 11 is 6.36. The van der Waals surface area contributed by atoms with Crippen molar-refractivity contribution in [2.45, 2.75) is 44.3 Å². The number of nitrogens with zero attached hydrogens (tertiary/aromatic N) is 1. The zero-order chi connectivity index (χ0) is 21.4. The lowest BCUT2D eigenvalue weighted by atomic mass is 9.88. The molecule has 2 unspecified atom stereocenters. The van der Waals surface area contributed by atoms with Gasteiger partial charge in [-0.15, -0.1) is 0 Å². The molecule has 1 saturated heterocycles. The van der Waals surface area contributed by atoms with Crippen LogP contribution < -0.4 is 16.0 Å². The highest BCUT2D eigenvalue weighted by atomic mass is 35.5. The predicted molar refractivity (Wildman–Crippen MR) is 125 cm³/mol. The van der Waals surface area contributed by atoms with Crippen molar-refractivity contribution in [1.82, 2.24) is 16.0 Å². The van der Waals surface area contributed by atoms with Crippen LogP contribution in [0.1, 0.15) is 49.9 Å². The van der Waals surface area contributed by atoms with E-state index < -0.39 is 0 Å². The van der Waals surface area contributed by atoms with E-state index in [2.05, 4.69) is 65.1 Å². The second-order valence-electron chi connectivity index (χ2n) is 7.98. The molecule has 0 aromatic heterocycles. The molecule has 162 valence electrons. The van der Waals surface area contributed by atoms with Crippen molar-refractivity contribution in [1.29, 1.82) is 0 Å². The van der Waals surface area contributed by atoms with Gasteiger partial charge in [0.15, 0.2) is 5.96 Å². The SMILES string of the molecule is CN=C(NCC1(NC(C)c2ccccc2)CCOCC1)NC(C)c1ccccc1Cl. The van der Waals surface area contributed by atoms with Crippen LogP contribution in [-0.2, 0) is 4.74 Å². The molecule has 6 heteroatoms. The van der Waals surface area contributed by atoms with E-state index in [1.54, 1.807) is 7.05 Å². The summed E-state index contributed by atoms with van der Waals surface area (Å²) in [6.45, 7) is 6.60. The Bertz CT molecular complexity index is 821. The average molecular weight is 429 g/mol. The van der Waals surface area contributed by atoms with E-state index in [1.807, 2.05) is 24.3 Å². The number of benzene rings is 2. The van der Waals surface area contributed by atoms with Crippen LogP contribution in [0.15, 0.2) is 59.6 Å². The van der Waals surface area contributed by atoms with Gasteiger partial charge in [0.05, 0.1) is 6.04 Å². The van der Waals surface area contributed by atoms with Gasteiger partial charge in [0, 0.05) is 43.4 Å². The lowest BCUT2D eigenvalue weighted by Crippen LogP contribution is -2.58. The smallest absolute Gasteiger partial charge is 0.191 e. The van der Waals surface area contributed by atoms with Crippen LogP contribution >= 0.6 is 11.6 Å². The summed E-state index contributed by atoms with van der Waals surface area (Å²) in [7, 11) is 1.80. The zero-order valence-corrected chi connectivity index (χ0v) is 18.9. The fourth-order valence-corrected chi connectivity index (χ4v) is 4.27. The van der Waals surface area contributed by atoms with Crippen LogP contribution in [0, 0.1) is 0 Å². The van der Waals surface area contributed by atoms with Gasteiger partial charge in [0.2, 0.25) is 0 Å². The third kappa shape index (κ3) is 5.97. The molecule has 1 aliphatic rings. The Hall–Kier alpha value is -2.08. The number of halogens is 1. The quantitative estimate of drug-likeness (QED) is 0.450. The van der Waals surface area contributed by atoms with Crippen molar-refractivity contribution in [2.24, 2.45) is 4.99 Å². The summed E-state index contributed by atoms with van der Waals surface area (Å²) in [4.78, 5) is 4.43. The second-order valence-corrected chi connectivity index (χ2v) is 8.39. The number of ether oxygens (including phenoxy) is 1. The van der Waals surface area contributed by atoms with Crippen molar-refractivity contribution in [3.05, 3.63) is 70.7 Å². The van der Waals surface area contributed by atoms with E-state index in [1.165, 1.54) is 5.56 Å². The first-order valence-electron chi connectivity index (χ1n) is 10.6. The topological polar surface area (TPSA) is 57.7 Å². The Kier molecular flexibility index (Phi) is 8.14. The molecule has 2 aromatic rings. The highest BCUT2D eigenvalue weighted by molar-refractivity contribution is 6.31. The Labute approximate surface area is 185 Å². The van der Waals surface area contributed by atoms with Crippen molar-refractivity contribution in [3.8, 4) is 0 Å². The lowest BCUT2D eigenvalue weighted by molar-refractivity contribution is 0.0354. The molecule has 0 bridgehead atoms. The highest BCUT2D eigenvalue weighted by Gasteiger charge is 2.34. The van der Waals surface area contributed by atoms with Gasteiger partial charge in [-0.1, -0.05) is 60.1 Å². The number of hydrogen-bond acceptors (Lipinski definition) is 3. The number of nitrogens with one attached hydrogen (secondary N) is 3. The third-order valence-corrected chi connectivity index (χ3v) is 6.16. The van der Waals surface area contributed by atoms with E-state index in [0.29, 0.717) is 0 Å². The van der Waals surface area contributed by atoms with Crippen LogP contribution in [0.4, 0.5) is 0 Å². The summed E-state index contributed by atoms with van der Waals surface area (Å²) < 4.78 is 5.65. The molecule has 0 spiro atoms. The van der Waals surface area contributed by atoms with Gasteiger partial charge in [-0.2, -0.15) is 0 Å². The molecular formula is C24H33ClN4O. The predicted octanol–water partition coefficient (Wildman–Crippen LogP) is 4.47. The normalized spacial score (nSPS) is 18.5. The van der Waals surface area contributed by atoms with Gasteiger partial charge < -0.3 is 20.7 Å².